The van der Waals surface area contributed by atoms with Crippen LogP contribution in [0.4, 0.5) is 5.69 Å². The molecule has 1 fully saturated rings. The summed E-state index contributed by atoms with van der Waals surface area (Å²) in [5.41, 5.74) is 1.77. The SMILES string of the molecule is Cc1nccn1CCC1CCCCN1CC(=O)Nc1cnn(C)c1C. The average Bonchev–Trinajstić information content (AvgIpc) is 3.14. The summed E-state index contributed by atoms with van der Waals surface area (Å²) in [4.78, 5) is 19.1. The van der Waals surface area contributed by atoms with E-state index in [2.05, 4.69) is 24.9 Å². The molecule has 1 saturated heterocycles. The Morgan fingerprint density at radius 3 is 2.88 bits per heavy atom. The van der Waals surface area contributed by atoms with Gasteiger partial charge in [-0.3, -0.25) is 14.4 Å². The van der Waals surface area contributed by atoms with Crippen LogP contribution in [-0.2, 0) is 18.4 Å². The molecule has 2 aromatic heterocycles. The first-order valence-corrected chi connectivity index (χ1v) is 9.05. The van der Waals surface area contributed by atoms with Crippen molar-refractivity contribution in [3.8, 4) is 0 Å². The van der Waals surface area contributed by atoms with Crippen molar-refractivity contribution in [1.82, 2.24) is 24.2 Å². The number of imidazole rings is 1. The van der Waals surface area contributed by atoms with Crippen molar-refractivity contribution < 1.29 is 4.79 Å². The molecule has 0 aliphatic carbocycles. The topological polar surface area (TPSA) is 68.0 Å². The van der Waals surface area contributed by atoms with E-state index in [0.29, 0.717) is 12.6 Å². The number of anilines is 1. The van der Waals surface area contributed by atoms with Crippen LogP contribution in [0.3, 0.4) is 0 Å². The third kappa shape index (κ3) is 4.28. The van der Waals surface area contributed by atoms with Gasteiger partial charge in [-0.1, -0.05) is 6.42 Å². The molecule has 1 unspecified atom stereocenters. The number of rotatable bonds is 6. The van der Waals surface area contributed by atoms with Gasteiger partial charge in [0.15, 0.2) is 0 Å². The second-order valence-electron chi connectivity index (χ2n) is 6.89. The van der Waals surface area contributed by atoms with E-state index in [-0.39, 0.29) is 5.91 Å². The molecular weight excluding hydrogens is 316 g/mol. The Morgan fingerprint density at radius 1 is 1.36 bits per heavy atom. The van der Waals surface area contributed by atoms with Gasteiger partial charge in [0.1, 0.15) is 5.82 Å². The summed E-state index contributed by atoms with van der Waals surface area (Å²) in [6.07, 6.45) is 10.2. The highest BCUT2D eigenvalue weighted by molar-refractivity contribution is 5.92. The van der Waals surface area contributed by atoms with Gasteiger partial charge in [0.05, 0.1) is 24.1 Å². The Balaban J connectivity index is 1.56. The van der Waals surface area contributed by atoms with Crippen LogP contribution in [-0.4, -0.2) is 49.3 Å². The average molecular weight is 344 g/mol. The maximum atomic E-state index is 12.5. The first-order chi connectivity index (χ1) is 12.0. The summed E-state index contributed by atoms with van der Waals surface area (Å²) >= 11 is 0. The lowest BCUT2D eigenvalue weighted by Gasteiger charge is -2.35. The molecule has 1 amide bonds. The zero-order valence-electron chi connectivity index (χ0n) is 15.4. The van der Waals surface area contributed by atoms with Crippen molar-refractivity contribution >= 4 is 11.6 Å². The molecule has 136 valence electrons. The van der Waals surface area contributed by atoms with E-state index in [1.165, 1.54) is 12.8 Å². The zero-order chi connectivity index (χ0) is 17.8. The van der Waals surface area contributed by atoms with Crippen molar-refractivity contribution in [2.45, 2.75) is 52.1 Å². The smallest absolute Gasteiger partial charge is 0.238 e. The largest absolute Gasteiger partial charge is 0.335 e. The van der Waals surface area contributed by atoms with Crippen LogP contribution in [0.5, 0.6) is 0 Å². The predicted octanol–water partition coefficient (Wildman–Crippen LogP) is 2.12. The molecule has 1 aliphatic heterocycles. The number of nitrogens with one attached hydrogen (secondary N) is 1. The molecule has 2 aromatic rings. The van der Waals surface area contributed by atoms with Gasteiger partial charge in [-0.25, -0.2) is 4.98 Å². The van der Waals surface area contributed by atoms with E-state index in [9.17, 15) is 4.79 Å². The number of likely N-dealkylation sites (tertiary alicyclic amines) is 1. The fraction of sp³-hybridized carbons (Fsp3) is 0.611. The molecule has 3 heterocycles. The van der Waals surface area contributed by atoms with E-state index in [1.54, 1.807) is 10.9 Å². The number of amides is 1. The van der Waals surface area contributed by atoms with Gasteiger partial charge < -0.3 is 9.88 Å². The monoisotopic (exact) mass is 344 g/mol. The van der Waals surface area contributed by atoms with Gasteiger partial charge in [-0.15, -0.1) is 0 Å². The highest BCUT2D eigenvalue weighted by Gasteiger charge is 2.24. The number of aryl methyl sites for hydroxylation is 3. The lowest BCUT2D eigenvalue weighted by Crippen LogP contribution is -2.44. The summed E-state index contributed by atoms with van der Waals surface area (Å²) < 4.78 is 3.96. The summed E-state index contributed by atoms with van der Waals surface area (Å²) in [7, 11) is 1.88. The maximum absolute atomic E-state index is 12.5. The van der Waals surface area contributed by atoms with Crippen LogP contribution < -0.4 is 5.32 Å². The third-order valence-electron chi connectivity index (χ3n) is 5.23. The molecule has 25 heavy (non-hydrogen) atoms. The molecule has 0 spiro atoms. The normalized spacial score (nSPS) is 18.4. The third-order valence-corrected chi connectivity index (χ3v) is 5.23. The van der Waals surface area contributed by atoms with Crippen LogP contribution in [0.25, 0.3) is 0 Å². The Bertz CT molecular complexity index is 719. The molecule has 1 atom stereocenters. The van der Waals surface area contributed by atoms with Crippen LogP contribution in [0, 0.1) is 13.8 Å². The number of hydrogen-bond acceptors (Lipinski definition) is 4. The van der Waals surface area contributed by atoms with Crippen LogP contribution in [0.2, 0.25) is 0 Å². The molecule has 1 N–H and O–H groups in total. The summed E-state index contributed by atoms with van der Waals surface area (Å²) in [5, 5.41) is 7.18. The number of nitrogens with zero attached hydrogens (tertiary/aromatic N) is 5. The van der Waals surface area contributed by atoms with Gasteiger partial charge in [-0.2, -0.15) is 5.10 Å². The standard InChI is InChI=1S/C18H28N6O/c1-14-17(12-20-22(14)3)21-18(25)13-24-9-5-4-6-16(24)7-10-23-11-8-19-15(23)2/h8,11-12,16H,4-7,9-10,13H2,1-3H3,(H,21,25). The molecule has 0 aromatic carbocycles. The Hall–Kier alpha value is -2.15. The van der Waals surface area contributed by atoms with E-state index >= 15 is 0 Å². The van der Waals surface area contributed by atoms with Gasteiger partial charge >= 0.3 is 0 Å². The Kier molecular flexibility index (Phi) is 5.53. The summed E-state index contributed by atoms with van der Waals surface area (Å²) in [6, 6.07) is 0.455. The highest BCUT2D eigenvalue weighted by Crippen LogP contribution is 2.21. The molecule has 7 heteroatoms. The second kappa shape index (κ2) is 7.82. The van der Waals surface area contributed by atoms with E-state index in [1.807, 2.05) is 33.3 Å². The van der Waals surface area contributed by atoms with E-state index in [0.717, 1.165) is 43.1 Å². The molecule has 7 nitrogen and oxygen atoms in total. The number of hydrogen-bond donors (Lipinski definition) is 1. The fourth-order valence-corrected chi connectivity index (χ4v) is 3.52. The lowest BCUT2D eigenvalue weighted by molar-refractivity contribution is -0.118. The van der Waals surface area contributed by atoms with Crippen LogP contribution in [0.1, 0.15) is 37.2 Å². The highest BCUT2D eigenvalue weighted by atomic mass is 16.2. The molecule has 1 aliphatic rings. The maximum Gasteiger partial charge on any atom is 0.238 e. The minimum atomic E-state index is 0.0433. The van der Waals surface area contributed by atoms with Crippen molar-refractivity contribution in [3.05, 3.63) is 30.1 Å². The second-order valence-corrected chi connectivity index (χ2v) is 6.89. The first-order valence-electron chi connectivity index (χ1n) is 9.05. The van der Waals surface area contributed by atoms with Crippen LogP contribution >= 0.6 is 0 Å². The molecule has 0 saturated carbocycles. The Labute approximate surface area is 149 Å². The van der Waals surface area contributed by atoms with E-state index in [4.69, 9.17) is 0 Å². The number of carbonyl (C=O) groups excluding carboxylic acids is 1. The lowest BCUT2D eigenvalue weighted by atomic mass is 9.99. The molecule has 0 bridgehead atoms. The van der Waals surface area contributed by atoms with Gasteiger partial charge in [0.2, 0.25) is 5.91 Å². The quantitative estimate of drug-likeness (QED) is 0.871. The van der Waals surface area contributed by atoms with Gasteiger partial charge in [-0.05, 0) is 39.7 Å². The molecule has 0 radical (unpaired) electrons. The summed E-state index contributed by atoms with van der Waals surface area (Å²) in [6.45, 7) is 6.38. The number of piperidine rings is 1. The van der Waals surface area contributed by atoms with Crippen molar-refractivity contribution in [2.75, 3.05) is 18.4 Å². The Morgan fingerprint density at radius 2 is 2.20 bits per heavy atom. The van der Waals surface area contributed by atoms with Crippen molar-refractivity contribution in [2.24, 2.45) is 7.05 Å². The number of aromatic nitrogens is 4. The minimum Gasteiger partial charge on any atom is -0.335 e. The van der Waals surface area contributed by atoms with Crippen molar-refractivity contribution in [1.29, 1.82) is 0 Å². The van der Waals surface area contributed by atoms with Crippen molar-refractivity contribution in [3.63, 3.8) is 0 Å². The number of carbonyl (C=O) groups is 1. The molecule has 3 rings (SSSR count). The fourth-order valence-electron chi connectivity index (χ4n) is 3.52. The first kappa shape index (κ1) is 17.7. The minimum absolute atomic E-state index is 0.0433. The summed E-state index contributed by atoms with van der Waals surface area (Å²) in [5.74, 6) is 1.09. The van der Waals surface area contributed by atoms with E-state index < -0.39 is 0 Å². The zero-order valence-corrected chi connectivity index (χ0v) is 15.4. The van der Waals surface area contributed by atoms with Gasteiger partial charge in [0, 0.05) is 32.0 Å². The van der Waals surface area contributed by atoms with Crippen LogP contribution in [0.15, 0.2) is 18.6 Å². The van der Waals surface area contributed by atoms with Gasteiger partial charge in [0.25, 0.3) is 0 Å². The predicted molar refractivity (Wildman–Crippen MR) is 97.4 cm³/mol. The molecular formula is C18H28N6O.